The molecule has 1 saturated heterocycles. The number of fused-ring (bicyclic) bond motifs is 1. The summed E-state index contributed by atoms with van der Waals surface area (Å²) in [5, 5.41) is 9.04. The first kappa shape index (κ1) is 17.5. The van der Waals surface area contributed by atoms with E-state index < -0.39 is 0 Å². The molecular weight excluding hydrogens is 340 g/mol. The molecule has 3 N–H and O–H groups in total. The highest BCUT2D eigenvalue weighted by molar-refractivity contribution is 5.94. The summed E-state index contributed by atoms with van der Waals surface area (Å²) in [5.74, 6) is 0.0579. The van der Waals surface area contributed by atoms with Gasteiger partial charge in [-0.1, -0.05) is 30.3 Å². The summed E-state index contributed by atoms with van der Waals surface area (Å²) in [4.78, 5) is 26.1. The molecule has 4 rings (SSSR count). The zero-order chi connectivity index (χ0) is 18.6. The van der Waals surface area contributed by atoms with Gasteiger partial charge in [0, 0.05) is 31.0 Å². The molecule has 0 spiro atoms. The van der Waals surface area contributed by atoms with Gasteiger partial charge in [-0.15, -0.1) is 0 Å². The summed E-state index contributed by atoms with van der Waals surface area (Å²) in [6.07, 6.45) is 1.82. The predicted octanol–water partition coefficient (Wildman–Crippen LogP) is 1.67. The summed E-state index contributed by atoms with van der Waals surface area (Å²) in [6, 6.07) is 15.9. The van der Waals surface area contributed by atoms with Gasteiger partial charge in [0.15, 0.2) is 0 Å². The van der Waals surface area contributed by atoms with Gasteiger partial charge in [-0.05, 0) is 42.2 Å². The van der Waals surface area contributed by atoms with Crippen LogP contribution in [0.3, 0.4) is 0 Å². The Balaban J connectivity index is 1.28. The number of nitrogens with one attached hydrogen (secondary N) is 3. The zero-order valence-electron chi connectivity index (χ0n) is 15.2. The molecule has 2 aromatic carbocycles. The minimum atomic E-state index is -0.104. The van der Waals surface area contributed by atoms with E-state index in [2.05, 4.69) is 33.0 Å². The molecule has 0 bridgehead atoms. The van der Waals surface area contributed by atoms with Gasteiger partial charge in [0.1, 0.15) is 0 Å². The standard InChI is InChI=1S/C21H24N4O2/c26-20(14-25-12-10-16-3-1-2-4-19(16)25)24-17-7-5-15(6-8-17)13-23-18-9-11-22-21(18)27/h1-8,18,23H,9-14H2,(H,22,27)(H,24,26). The number of hydrogen-bond donors (Lipinski definition) is 3. The minimum absolute atomic E-state index is 0.0137. The first-order chi connectivity index (χ1) is 13.2. The zero-order valence-corrected chi connectivity index (χ0v) is 15.2. The van der Waals surface area contributed by atoms with Crippen LogP contribution < -0.4 is 20.9 Å². The van der Waals surface area contributed by atoms with Crippen molar-refractivity contribution >= 4 is 23.2 Å². The van der Waals surface area contributed by atoms with Crippen molar-refractivity contribution in [2.45, 2.75) is 25.4 Å². The van der Waals surface area contributed by atoms with E-state index in [1.54, 1.807) is 0 Å². The van der Waals surface area contributed by atoms with Gasteiger partial charge in [0.05, 0.1) is 12.6 Å². The normalized spacial score (nSPS) is 18.3. The molecule has 1 atom stereocenters. The number of carbonyl (C=O) groups excluding carboxylic acids is 2. The Morgan fingerprint density at radius 2 is 1.96 bits per heavy atom. The van der Waals surface area contributed by atoms with Crippen LogP contribution in [0.1, 0.15) is 17.5 Å². The van der Waals surface area contributed by atoms with Crippen LogP contribution in [0.5, 0.6) is 0 Å². The van der Waals surface area contributed by atoms with Crippen molar-refractivity contribution in [3.05, 3.63) is 59.7 Å². The van der Waals surface area contributed by atoms with Crippen LogP contribution in [-0.4, -0.2) is 37.5 Å². The van der Waals surface area contributed by atoms with Crippen LogP contribution in [-0.2, 0) is 22.6 Å². The fourth-order valence-corrected chi connectivity index (χ4v) is 3.68. The maximum atomic E-state index is 12.4. The van der Waals surface area contributed by atoms with E-state index in [1.807, 2.05) is 36.4 Å². The average molecular weight is 364 g/mol. The number of amides is 2. The van der Waals surface area contributed by atoms with E-state index in [0.29, 0.717) is 13.1 Å². The second-order valence-corrected chi connectivity index (χ2v) is 7.06. The maximum absolute atomic E-state index is 12.4. The monoisotopic (exact) mass is 364 g/mol. The van der Waals surface area contributed by atoms with Crippen molar-refractivity contribution in [2.75, 3.05) is 29.9 Å². The summed E-state index contributed by atoms with van der Waals surface area (Å²) in [5.41, 5.74) is 4.33. The SMILES string of the molecule is O=C(CN1CCc2ccccc21)Nc1ccc(CNC2CCNC2=O)cc1. The number of anilines is 2. The Labute approximate surface area is 158 Å². The number of para-hydroxylation sites is 1. The molecule has 0 saturated carbocycles. The number of benzene rings is 2. The fourth-order valence-electron chi connectivity index (χ4n) is 3.68. The highest BCUT2D eigenvalue weighted by Gasteiger charge is 2.23. The first-order valence-corrected chi connectivity index (χ1v) is 9.42. The van der Waals surface area contributed by atoms with Crippen LogP contribution in [0.4, 0.5) is 11.4 Å². The van der Waals surface area contributed by atoms with Crippen LogP contribution in [0.15, 0.2) is 48.5 Å². The second-order valence-electron chi connectivity index (χ2n) is 7.06. The summed E-state index contributed by atoms with van der Waals surface area (Å²) in [6.45, 7) is 2.61. The van der Waals surface area contributed by atoms with E-state index >= 15 is 0 Å². The van der Waals surface area contributed by atoms with Crippen LogP contribution in [0, 0.1) is 0 Å². The van der Waals surface area contributed by atoms with Crippen molar-refractivity contribution in [2.24, 2.45) is 0 Å². The van der Waals surface area contributed by atoms with Crippen molar-refractivity contribution in [1.29, 1.82) is 0 Å². The minimum Gasteiger partial charge on any atom is -0.362 e. The Kier molecular flexibility index (Phi) is 5.07. The lowest BCUT2D eigenvalue weighted by molar-refractivity contribution is -0.121. The molecule has 6 nitrogen and oxygen atoms in total. The third-order valence-electron chi connectivity index (χ3n) is 5.16. The van der Waals surface area contributed by atoms with Crippen molar-refractivity contribution in [1.82, 2.24) is 10.6 Å². The van der Waals surface area contributed by atoms with Crippen LogP contribution in [0.25, 0.3) is 0 Å². The molecular formula is C21H24N4O2. The summed E-state index contributed by atoms with van der Waals surface area (Å²) < 4.78 is 0. The van der Waals surface area contributed by atoms with E-state index in [1.165, 1.54) is 5.56 Å². The van der Waals surface area contributed by atoms with Crippen LogP contribution in [0.2, 0.25) is 0 Å². The molecule has 27 heavy (non-hydrogen) atoms. The quantitative estimate of drug-likeness (QED) is 0.729. The second kappa shape index (κ2) is 7.80. The summed E-state index contributed by atoms with van der Waals surface area (Å²) in [7, 11) is 0. The van der Waals surface area contributed by atoms with Gasteiger partial charge in [-0.2, -0.15) is 0 Å². The Morgan fingerprint density at radius 3 is 2.74 bits per heavy atom. The van der Waals surface area contributed by atoms with E-state index in [9.17, 15) is 9.59 Å². The van der Waals surface area contributed by atoms with Gasteiger partial charge in [0.25, 0.3) is 0 Å². The molecule has 6 heteroatoms. The Morgan fingerprint density at radius 1 is 1.15 bits per heavy atom. The van der Waals surface area contributed by atoms with Gasteiger partial charge >= 0.3 is 0 Å². The molecule has 2 aliphatic rings. The molecule has 1 fully saturated rings. The van der Waals surface area contributed by atoms with E-state index in [4.69, 9.17) is 0 Å². The predicted molar refractivity (Wildman–Crippen MR) is 106 cm³/mol. The molecule has 2 amide bonds. The number of nitrogens with zero attached hydrogens (tertiary/aromatic N) is 1. The van der Waals surface area contributed by atoms with Gasteiger partial charge in [-0.25, -0.2) is 0 Å². The van der Waals surface area contributed by atoms with Gasteiger partial charge < -0.3 is 20.9 Å². The highest BCUT2D eigenvalue weighted by atomic mass is 16.2. The fraction of sp³-hybridized carbons (Fsp3) is 0.333. The molecule has 2 heterocycles. The lowest BCUT2D eigenvalue weighted by atomic mass is 10.1. The molecule has 1 unspecified atom stereocenters. The van der Waals surface area contributed by atoms with Crippen molar-refractivity contribution in [3.8, 4) is 0 Å². The molecule has 2 aromatic rings. The van der Waals surface area contributed by atoms with Crippen molar-refractivity contribution < 1.29 is 9.59 Å². The van der Waals surface area contributed by atoms with Gasteiger partial charge in [0.2, 0.25) is 11.8 Å². The molecule has 0 radical (unpaired) electrons. The third-order valence-corrected chi connectivity index (χ3v) is 5.16. The maximum Gasteiger partial charge on any atom is 0.243 e. The highest BCUT2D eigenvalue weighted by Crippen LogP contribution is 2.27. The largest absolute Gasteiger partial charge is 0.362 e. The summed E-state index contributed by atoms with van der Waals surface area (Å²) >= 11 is 0. The third kappa shape index (κ3) is 4.11. The van der Waals surface area contributed by atoms with Gasteiger partial charge in [-0.3, -0.25) is 9.59 Å². The van der Waals surface area contributed by atoms with E-state index in [-0.39, 0.29) is 17.9 Å². The topological polar surface area (TPSA) is 73.5 Å². The molecule has 0 aromatic heterocycles. The Bertz CT molecular complexity index is 834. The molecule has 140 valence electrons. The lowest BCUT2D eigenvalue weighted by Gasteiger charge is -2.18. The first-order valence-electron chi connectivity index (χ1n) is 9.42. The lowest BCUT2D eigenvalue weighted by Crippen LogP contribution is -2.35. The number of hydrogen-bond acceptors (Lipinski definition) is 4. The molecule has 0 aliphatic carbocycles. The van der Waals surface area contributed by atoms with Crippen molar-refractivity contribution in [3.63, 3.8) is 0 Å². The van der Waals surface area contributed by atoms with Crippen LogP contribution >= 0.6 is 0 Å². The number of carbonyl (C=O) groups is 2. The average Bonchev–Trinajstić information content (AvgIpc) is 3.27. The smallest absolute Gasteiger partial charge is 0.243 e. The van der Waals surface area contributed by atoms with E-state index in [0.717, 1.165) is 42.9 Å². The molecule has 2 aliphatic heterocycles. The number of rotatable bonds is 6. The Hall–Kier alpha value is -2.86.